The van der Waals surface area contributed by atoms with Crippen molar-refractivity contribution < 1.29 is 18.0 Å². The lowest BCUT2D eigenvalue weighted by Crippen LogP contribution is -2.49. The molecule has 9 heteroatoms. The molecule has 0 bridgehead atoms. The second-order valence-electron chi connectivity index (χ2n) is 5.61. The second kappa shape index (κ2) is 6.17. The van der Waals surface area contributed by atoms with Crippen molar-refractivity contribution in [2.45, 2.75) is 21.5 Å². The SMILES string of the molecule is CC1(C(=O)Nc2ccc(S(N)(=O)=O)cc2)Sc2ccccc2NC1=O. The van der Waals surface area contributed by atoms with Crippen molar-refractivity contribution in [3.05, 3.63) is 48.5 Å². The molecule has 1 heterocycles. The minimum atomic E-state index is -3.80. The van der Waals surface area contributed by atoms with Crippen LogP contribution in [-0.4, -0.2) is 25.0 Å². The maximum absolute atomic E-state index is 12.7. The molecule has 1 atom stereocenters. The van der Waals surface area contributed by atoms with E-state index in [2.05, 4.69) is 10.6 Å². The minimum Gasteiger partial charge on any atom is -0.324 e. The summed E-state index contributed by atoms with van der Waals surface area (Å²) in [4.78, 5) is 25.8. The summed E-state index contributed by atoms with van der Waals surface area (Å²) in [5.74, 6) is -0.928. The molecule has 0 saturated carbocycles. The van der Waals surface area contributed by atoms with Crippen molar-refractivity contribution in [1.82, 2.24) is 0 Å². The van der Waals surface area contributed by atoms with Crippen LogP contribution >= 0.6 is 11.8 Å². The number of hydrogen-bond acceptors (Lipinski definition) is 5. The van der Waals surface area contributed by atoms with Crippen LogP contribution in [0.25, 0.3) is 0 Å². The molecule has 7 nitrogen and oxygen atoms in total. The first-order chi connectivity index (χ1) is 11.7. The molecule has 0 fully saturated rings. The van der Waals surface area contributed by atoms with Gasteiger partial charge in [-0.1, -0.05) is 23.9 Å². The Morgan fingerprint density at radius 2 is 1.80 bits per heavy atom. The molecule has 2 amide bonds. The first-order valence-electron chi connectivity index (χ1n) is 7.24. The number of sulfonamides is 1. The normalized spacial score (nSPS) is 19.7. The number of hydrogen-bond donors (Lipinski definition) is 3. The number of amides is 2. The van der Waals surface area contributed by atoms with E-state index in [-0.39, 0.29) is 4.90 Å². The molecule has 3 rings (SSSR count). The van der Waals surface area contributed by atoms with E-state index >= 15 is 0 Å². The molecule has 2 aromatic carbocycles. The van der Waals surface area contributed by atoms with E-state index in [1.165, 1.54) is 31.2 Å². The lowest BCUT2D eigenvalue weighted by atomic mass is 10.1. The van der Waals surface area contributed by atoms with E-state index in [0.29, 0.717) is 11.4 Å². The maximum Gasteiger partial charge on any atom is 0.250 e. The Kier molecular flexibility index (Phi) is 4.31. The third-order valence-electron chi connectivity index (χ3n) is 3.76. The number of fused-ring (bicyclic) bond motifs is 1. The zero-order valence-corrected chi connectivity index (χ0v) is 14.8. The van der Waals surface area contributed by atoms with E-state index in [4.69, 9.17) is 5.14 Å². The van der Waals surface area contributed by atoms with Gasteiger partial charge in [-0.25, -0.2) is 13.6 Å². The largest absolute Gasteiger partial charge is 0.324 e. The van der Waals surface area contributed by atoms with Crippen LogP contribution in [0, 0.1) is 0 Å². The van der Waals surface area contributed by atoms with Gasteiger partial charge >= 0.3 is 0 Å². The van der Waals surface area contributed by atoms with Crippen LogP contribution in [0.1, 0.15) is 6.92 Å². The summed E-state index contributed by atoms with van der Waals surface area (Å²) in [6.45, 7) is 1.54. The number of para-hydroxylation sites is 1. The number of thioether (sulfide) groups is 1. The number of carbonyl (C=O) groups excluding carboxylic acids is 2. The summed E-state index contributed by atoms with van der Waals surface area (Å²) in [7, 11) is -3.80. The molecule has 1 unspecified atom stereocenters. The number of carbonyl (C=O) groups is 2. The quantitative estimate of drug-likeness (QED) is 0.705. The standard InChI is InChI=1S/C16H15N3O4S2/c1-16(15(21)19-12-4-2-3-5-13(12)24-16)14(20)18-10-6-8-11(9-7-10)25(17,22)23/h2-9H,1H3,(H,18,20)(H,19,21)(H2,17,22,23). The number of nitrogens with two attached hydrogens (primary N) is 1. The molecular weight excluding hydrogens is 362 g/mol. The van der Waals surface area contributed by atoms with Gasteiger partial charge in [-0.05, 0) is 43.3 Å². The van der Waals surface area contributed by atoms with Crippen LogP contribution in [-0.2, 0) is 19.6 Å². The van der Waals surface area contributed by atoms with Gasteiger partial charge in [0.15, 0.2) is 4.75 Å². The van der Waals surface area contributed by atoms with Crippen LogP contribution in [0.5, 0.6) is 0 Å². The van der Waals surface area contributed by atoms with Crippen molar-refractivity contribution in [3.63, 3.8) is 0 Å². The minimum absolute atomic E-state index is 0.0598. The molecule has 0 saturated heterocycles. The molecule has 4 N–H and O–H groups in total. The Hall–Kier alpha value is -2.36. The highest BCUT2D eigenvalue weighted by Crippen LogP contribution is 2.42. The molecule has 0 aromatic heterocycles. The monoisotopic (exact) mass is 377 g/mol. The topological polar surface area (TPSA) is 118 Å². The highest BCUT2D eigenvalue weighted by molar-refractivity contribution is 8.02. The maximum atomic E-state index is 12.7. The number of rotatable bonds is 3. The van der Waals surface area contributed by atoms with Gasteiger partial charge in [0.1, 0.15) is 0 Å². The molecule has 2 aromatic rings. The average Bonchev–Trinajstić information content (AvgIpc) is 2.55. The molecule has 130 valence electrons. The zero-order valence-electron chi connectivity index (χ0n) is 13.1. The van der Waals surface area contributed by atoms with Gasteiger partial charge in [-0.2, -0.15) is 0 Å². The Morgan fingerprint density at radius 1 is 1.16 bits per heavy atom. The summed E-state index contributed by atoms with van der Waals surface area (Å²) < 4.78 is 21.2. The van der Waals surface area contributed by atoms with Crippen molar-refractivity contribution in [2.75, 3.05) is 10.6 Å². The van der Waals surface area contributed by atoms with Crippen molar-refractivity contribution in [2.24, 2.45) is 5.14 Å². The zero-order chi connectivity index (χ0) is 18.2. The molecule has 0 aliphatic carbocycles. The first-order valence-corrected chi connectivity index (χ1v) is 9.60. The summed E-state index contributed by atoms with van der Waals surface area (Å²) in [5, 5.41) is 10.4. The molecular formula is C16H15N3O4S2. The summed E-state index contributed by atoms with van der Waals surface area (Å²) in [6.07, 6.45) is 0. The fourth-order valence-corrected chi connectivity index (χ4v) is 3.91. The van der Waals surface area contributed by atoms with Gasteiger partial charge < -0.3 is 10.6 Å². The molecule has 0 spiro atoms. The van der Waals surface area contributed by atoms with Crippen LogP contribution in [0.4, 0.5) is 11.4 Å². The highest BCUT2D eigenvalue weighted by Gasteiger charge is 2.45. The summed E-state index contributed by atoms with van der Waals surface area (Å²) >= 11 is 1.16. The van der Waals surface area contributed by atoms with E-state index in [1.807, 2.05) is 12.1 Å². The predicted molar refractivity (Wildman–Crippen MR) is 95.8 cm³/mol. The Morgan fingerprint density at radius 3 is 2.44 bits per heavy atom. The summed E-state index contributed by atoms with van der Waals surface area (Å²) in [5.41, 5.74) is 1.03. The van der Waals surface area contributed by atoms with E-state index in [9.17, 15) is 18.0 Å². The van der Waals surface area contributed by atoms with Gasteiger partial charge in [0, 0.05) is 10.6 Å². The number of nitrogens with one attached hydrogen (secondary N) is 2. The smallest absolute Gasteiger partial charge is 0.250 e. The van der Waals surface area contributed by atoms with E-state index in [0.717, 1.165) is 16.7 Å². The fraction of sp³-hybridized carbons (Fsp3) is 0.125. The van der Waals surface area contributed by atoms with Gasteiger partial charge in [-0.3, -0.25) is 9.59 Å². The number of benzene rings is 2. The lowest BCUT2D eigenvalue weighted by Gasteiger charge is -2.31. The number of anilines is 2. The molecule has 0 radical (unpaired) electrons. The van der Waals surface area contributed by atoms with Crippen LogP contribution in [0.15, 0.2) is 58.3 Å². The van der Waals surface area contributed by atoms with Crippen molar-refractivity contribution >= 4 is 45.0 Å². The van der Waals surface area contributed by atoms with E-state index < -0.39 is 26.6 Å². The van der Waals surface area contributed by atoms with Gasteiger partial charge in [0.25, 0.3) is 0 Å². The van der Waals surface area contributed by atoms with Crippen LogP contribution < -0.4 is 15.8 Å². The third kappa shape index (κ3) is 3.39. The second-order valence-corrected chi connectivity index (χ2v) is 8.63. The van der Waals surface area contributed by atoms with Gasteiger partial charge in [0.2, 0.25) is 21.8 Å². The summed E-state index contributed by atoms with van der Waals surface area (Å²) in [6, 6.07) is 12.6. The Labute approximate surface area is 149 Å². The van der Waals surface area contributed by atoms with E-state index in [1.54, 1.807) is 12.1 Å². The van der Waals surface area contributed by atoms with Crippen LogP contribution in [0.3, 0.4) is 0 Å². The molecule has 25 heavy (non-hydrogen) atoms. The first kappa shape index (κ1) is 17.5. The van der Waals surface area contributed by atoms with Crippen molar-refractivity contribution in [3.8, 4) is 0 Å². The van der Waals surface area contributed by atoms with Crippen molar-refractivity contribution in [1.29, 1.82) is 0 Å². The Balaban J connectivity index is 1.82. The van der Waals surface area contributed by atoms with Gasteiger partial charge in [-0.15, -0.1) is 0 Å². The predicted octanol–water partition coefficient (Wildman–Crippen LogP) is 1.78. The van der Waals surface area contributed by atoms with Crippen LogP contribution in [0.2, 0.25) is 0 Å². The average molecular weight is 377 g/mol. The Bertz CT molecular complexity index is 958. The van der Waals surface area contributed by atoms with Gasteiger partial charge in [0.05, 0.1) is 10.6 Å². The fourth-order valence-electron chi connectivity index (χ4n) is 2.29. The highest BCUT2D eigenvalue weighted by atomic mass is 32.2. The third-order valence-corrected chi connectivity index (χ3v) is 6.04. The number of primary sulfonamides is 1. The molecule has 1 aliphatic heterocycles. The lowest BCUT2D eigenvalue weighted by molar-refractivity contribution is -0.126. The molecule has 1 aliphatic rings.